The number of aliphatic hydroxyl groups excluding tert-OH is 1. The van der Waals surface area contributed by atoms with Gasteiger partial charge in [0.1, 0.15) is 12.0 Å². The van der Waals surface area contributed by atoms with Crippen LogP contribution in [-0.4, -0.2) is 45.7 Å². The fraction of sp³-hybridized carbons (Fsp3) is 0.615. The second-order valence-electron chi connectivity index (χ2n) is 5.64. The summed E-state index contributed by atoms with van der Waals surface area (Å²) < 4.78 is 5.03. The largest absolute Gasteiger partial charge is 0.391 e. The Balaban J connectivity index is 2.30. The van der Waals surface area contributed by atoms with E-state index in [1.54, 1.807) is 13.8 Å². The topological polar surface area (TPSA) is 130 Å². The molecule has 4 N–H and O–H groups in total. The fourth-order valence-corrected chi connectivity index (χ4v) is 2.69. The SMILES string of the molecule is CC(C)C(C(=O)N1C[C@H](O)C[C@H]1C(N)=O)c1cc(=O)[nH]o1. The molecular formula is C13H19N3O5. The molecule has 1 aromatic heterocycles. The summed E-state index contributed by atoms with van der Waals surface area (Å²) in [6.07, 6.45) is -0.652. The van der Waals surface area contributed by atoms with E-state index in [1.807, 2.05) is 0 Å². The molecule has 2 heterocycles. The van der Waals surface area contributed by atoms with E-state index in [0.29, 0.717) is 0 Å². The fourth-order valence-electron chi connectivity index (χ4n) is 2.69. The van der Waals surface area contributed by atoms with E-state index in [0.717, 1.165) is 0 Å². The summed E-state index contributed by atoms with van der Waals surface area (Å²) in [6.45, 7) is 3.66. The highest BCUT2D eigenvalue weighted by Crippen LogP contribution is 2.29. The summed E-state index contributed by atoms with van der Waals surface area (Å²) in [7, 11) is 0. The van der Waals surface area contributed by atoms with Crippen LogP contribution in [-0.2, 0) is 9.59 Å². The van der Waals surface area contributed by atoms with Gasteiger partial charge in [0.25, 0.3) is 5.56 Å². The number of carbonyl (C=O) groups is 2. The lowest BCUT2D eigenvalue weighted by Gasteiger charge is -2.27. The zero-order valence-electron chi connectivity index (χ0n) is 11.9. The molecule has 1 saturated heterocycles. The van der Waals surface area contributed by atoms with Crippen molar-refractivity contribution in [3.8, 4) is 0 Å². The number of β-amino-alcohol motifs (C(OH)–C–C–N with tert-alkyl or cyclic N) is 1. The monoisotopic (exact) mass is 297 g/mol. The number of amides is 2. The predicted molar refractivity (Wildman–Crippen MR) is 72.2 cm³/mol. The molecule has 0 aromatic carbocycles. The van der Waals surface area contributed by atoms with Gasteiger partial charge >= 0.3 is 0 Å². The Morgan fingerprint density at radius 3 is 2.67 bits per heavy atom. The van der Waals surface area contributed by atoms with Gasteiger partial charge in [0.05, 0.1) is 6.10 Å². The first-order valence-electron chi connectivity index (χ1n) is 6.77. The summed E-state index contributed by atoms with van der Waals surface area (Å²) in [4.78, 5) is 36.6. The average molecular weight is 297 g/mol. The van der Waals surface area contributed by atoms with Crippen molar-refractivity contribution in [2.75, 3.05) is 6.54 Å². The second-order valence-corrected chi connectivity index (χ2v) is 5.64. The molecule has 1 fully saturated rings. The Kier molecular flexibility index (Phi) is 4.17. The number of rotatable bonds is 4. The summed E-state index contributed by atoms with van der Waals surface area (Å²) in [5.74, 6) is -1.69. The van der Waals surface area contributed by atoms with Crippen LogP contribution in [0, 0.1) is 5.92 Å². The molecule has 2 rings (SSSR count). The van der Waals surface area contributed by atoms with Crippen LogP contribution in [0.2, 0.25) is 0 Å². The maximum atomic E-state index is 12.7. The van der Waals surface area contributed by atoms with Gasteiger partial charge in [-0.2, -0.15) is 5.16 Å². The third kappa shape index (κ3) is 2.99. The molecule has 1 aliphatic heterocycles. The average Bonchev–Trinajstić information content (AvgIpc) is 2.95. The van der Waals surface area contributed by atoms with Crippen LogP contribution >= 0.6 is 0 Å². The number of nitrogens with two attached hydrogens (primary N) is 1. The number of aromatic amines is 1. The van der Waals surface area contributed by atoms with Crippen LogP contribution in [0.25, 0.3) is 0 Å². The molecule has 1 aromatic rings. The van der Waals surface area contributed by atoms with Crippen molar-refractivity contribution in [2.45, 2.75) is 38.3 Å². The van der Waals surface area contributed by atoms with Crippen molar-refractivity contribution in [3.63, 3.8) is 0 Å². The van der Waals surface area contributed by atoms with Crippen molar-refractivity contribution in [1.82, 2.24) is 10.1 Å². The number of primary amides is 1. The van der Waals surface area contributed by atoms with E-state index >= 15 is 0 Å². The van der Waals surface area contributed by atoms with Crippen LogP contribution in [0.5, 0.6) is 0 Å². The Hall–Kier alpha value is -2.09. The molecule has 116 valence electrons. The van der Waals surface area contributed by atoms with Gasteiger partial charge in [0.2, 0.25) is 11.8 Å². The van der Waals surface area contributed by atoms with Crippen molar-refractivity contribution in [1.29, 1.82) is 0 Å². The summed E-state index contributed by atoms with van der Waals surface area (Å²) in [5.41, 5.74) is 4.85. The number of aliphatic hydroxyl groups is 1. The highest BCUT2D eigenvalue weighted by molar-refractivity contribution is 5.90. The van der Waals surface area contributed by atoms with Gasteiger partial charge in [-0.05, 0) is 5.92 Å². The quantitative estimate of drug-likeness (QED) is 0.667. The molecule has 3 atom stereocenters. The Morgan fingerprint density at radius 2 is 2.19 bits per heavy atom. The van der Waals surface area contributed by atoms with Gasteiger partial charge in [-0.1, -0.05) is 13.8 Å². The molecule has 1 unspecified atom stereocenters. The maximum absolute atomic E-state index is 12.7. The molecule has 0 aliphatic carbocycles. The lowest BCUT2D eigenvalue weighted by atomic mass is 9.91. The minimum Gasteiger partial charge on any atom is -0.391 e. The number of H-pyrrole nitrogens is 1. The minimum atomic E-state index is -0.834. The highest BCUT2D eigenvalue weighted by Gasteiger charge is 2.42. The van der Waals surface area contributed by atoms with Crippen LogP contribution in [0.15, 0.2) is 15.4 Å². The Labute approximate surface area is 120 Å². The lowest BCUT2D eigenvalue weighted by Crippen LogP contribution is -2.46. The zero-order valence-corrected chi connectivity index (χ0v) is 11.9. The number of aromatic nitrogens is 1. The number of likely N-dealkylation sites (tertiary alicyclic amines) is 1. The second kappa shape index (κ2) is 5.72. The Bertz CT molecular complexity index is 591. The van der Waals surface area contributed by atoms with Crippen molar-refractivity contribution >= 4 is 11.8 Å². The Morgan fingerprint density at radius 1 is 1.52 bits per heavy atom. The molecule has 21 heavy (non-hydrogen) atoms. The molecule has 8 nitrogen and oxygen atoms in total. The zero-order chi connectivity index (χ0) is 15.7. The van der Waals surface area contributed by atoms with Gasteiger partial charge in [0.15, 0.2) is 5.76 Å². The van der Waals surface area contributed by atoms with Crippen LogP contribution in [0.4, 0.5) is 0 Å². The molecule has 8 heteroatoms. The van der Waals surface area contributed by atoms with E-state index in [-0.39, 0.29) is 30.6 Å². The predicted octanol–water partition coefficient (Wildman–Crippen LogP) is -0.845. The third-order valence-electron chi connectivity index (χ3n) is 3.67. The number of hydrogen-bond acceptors (Lipinski definition) is 5. The first-order valence-corrected chi connectivity index (χ1v) is 6.77. The van der Waals surface area contributed by atoms with E-state index in [4.69, 9.17) is 10.3 Å². The molecule has 0 saturated carbocycles. The van der Waals surface area contributed by atoms with Gasteiger partial charge in [-0.25, -0.2) is 0 Å². The highest BCUT2D eigenvalue weighted by atomic mass is 16.5. The van der Waals surface area contributed by atoms with Crippen molar-refractivity contribution < 1.29 is 19.2 Å². The third-order valence-corrected chi connectivity index (χ3v) is 3.67. The maximum Gasteiger partial charge on any atom is 0.280 e. The number of hydrogen-bond donors (Lipinski definition) is 3. The molecule has 0 radical (unpaired) electrons. The molecule has 0 spiro atoms. The van der Waals surface area contributed by atoms with Gasteiger partial charge in [0, 0.05) is 19.0 Å². The van der Waals surface area contributed by atoms with Crippen LogP contribution < -0.4 is 11.3 Å². The lowest BCUT2D eigenvalue weighted by molar-refractivity contribution is -0.139. The first-order chi connectivity index (χ1) is 9.81. The molecular weight excluding hydrogens is 278 g/mol. The summed E-state index contributed by atoms with van der Waals surface area (Å²) in [6, 6.07) is 0.383. The van der Waals surface area contributed by atoms with Gasteiger partial charge in [-0.3, -0.25) is 14.4 Å². The van der Waals surface area contributed by atoms with Crippen molar-refractivity contribution in [2.24, 2.45) is 11.7 Å². The molecule has 2 amide bonds. The minimum absolute atomic E-state index is 0.0459. The standard InChI is InChI=1S/C13H19N3O5/c1-6(2)11(9-4-10(18)15-21-9)13(20)16-5-7(17)3-8(16)12(14)19/h4,6-8,11,17H,3,5H2,1-2H3,(H2,14,19)(H,15,18)/t7-,8+,11?/m1/s1. The van der Waals surface area contributed by atoms with Gasteiger partial charge < -0.3 is 20.3 Å². The van der Waals surface area contributed by atoms with E-state index in [9.17, 15) is 19.5 Å². The van der Waals surface area contributed by atoms with E-state index < -0.39 is 29.5 Å². The van der Waals surface area contributed by atoms with Crippen molar-refractivity contribution in [3.05, 3.63) is 22.2 Å². The van der Waals surface area contributed by atoms with E-state index in [1.165, 1.54) is 11.0 Å². The summed E-state index contributed by atoms with van der Waals surface area (Å²) >= 11 is 0. The summed E-state index contributed by atoms with van der Waals surface area (Å²) in [5, 5.41) is 11.8. The van der Waals surface area contributed by atoms with E-state index in [2.05, 4.69) is 5.16 Å². The smallest absolute Gasteiger partial charge is 0.280 e. The molecule has 1 aliphatic rings. The normalized spacial score (nSPS) is 23.5. The van der Waals surface area contributed by atoms with Crippen LogP contribution in [0.3, 0.4) is 0 Å². The first kappa shape index (κ1) is 15.3. The number of carbonyl (C=O) groups excluding carboxylic acids is 2. The van der Waals surface area contributed by atoms with Crippen LogP contribution in [0.1, 0.15) is 31.9 Å². The number of nitrogens with one attached hydrogen (secondary N) is 1. The van der Waals surface area contributed by atoms with Gasteiger partial charge in [-0.15, -0.1) is 0 Å². The number of nitrogens with zero attached hydrogens (tertiary/aromatic N) is 1. The molecule has 0 bridgehead atoms.